The largest absolute Gasteiger partial charge is 0.478 e. The van der Waals surface area contributed by atoms with Gasteiger partial charge < -0.3 is 4.74 Å². The minimum Gasteiger partial charge on any atom is -0.478 e. The van der Waals surface area contributed by atoms with Crippen molar-refractivity contribution in [2.75, 3.05) is 7.11 Å². The molecule has 0 amide bonds. The Morgan fingerprint density at radius 1 is 2.00 bits per heavy atom. The van der Waals surface area contributed by atoms with Crippen molar-refractivity contribution in [3.05, 3.63) is 5.22 Å². The normalized spacial score (nSPS) is 6.33. The second-order valence-corrected chi connectivity index (χ2v) is 0.923. The van der Waals surface area contributed by atoms with Crippen LogP contribution >= 0.6 is 11.6 Å². The van der Waals surface area contributed by atoms with Gasteiger partial charge in [-0.2, -0.15) is 0 Å². The van der Waals surface area contributed by atoms with E-state index in [2.05, 4.69) is 4.74 Å². The molecule has 0 aliphatic carbocycles. The Morgan fingerprint density at radius 3 is 2.50 bits per heavy atom. The van der Waals surface area contributed by atoms with Crippen LogP contribution in [-0.2, 0) is 9.53 Å². The highest BCUT2D eigenvalue weighted by Crippen LogP contribution is 1.91. The molecule has 0 unspecified atom stereocenters. The third-order valence-electron chi connectivity index (χ3n) is 0.259. The van der Waals surface area contributed by atoms with Crippen LogP contribution in [0.2, 0.25) is 0 Å². The Hall–Kier alpha value is -0.460. The van der Waals surface area contributed by atoms with E-state index in [-0.39, 0.29) is 5.22 Å². The number of halogens is 1. The summed E-state index contributed by atoms with van der Waals surface area (Å²) < 4.78 is 4.16. The molecule has 2 nitrogen and oxygen atoms in total. The van der Waals surface area contributed by atoms with Crippen LogP contribution in [-0.4, -0.2) is 13.1 Å². The maximum absolute atomic E-state index is 9.32. The van der Waals surface area contributed by atoms with Gasteiger partial charge >= 0.3 is 0 Å². The lowest BCUT2D eigenvalue weighted by Gasteiger charge is -1.82. The number of rotatable bonds is 1. The van der Waals surface area contributed by atoms with Gasteiger partial charge in [0.1, 0.15) is 0 Å². The molecule has 0 heterocycles. The van der Waals surface area contributed by atoms with Crippen molar-refractivity contribution in [2.24, 2.45) is 0 Å². The Kier molecular flexibility index (Phi) is 2.55. The molecule has 0 atom stereocenters. The zero-order chi connectivity index (χ0) is 4.99. The predicted octanol–water partition coefficient (Wildman–Crippen LogP) is 0.545. The van der Waals surface area contributed by atoms with E-state index >= 15 is 0 Å². The highest BCUT2D eigenvalue weighted by Gasteiger charge is 1.79. The SMILES string of the molecule is COC(Cl)=C=O. The smallest absolute Gasteiger partial charge is 0.274 e. The van der Waals surface area contributed by atoms with E-state index in [1.54, 1.807) is 0 Å². The van der Waals surface area contributed by atoms with Gasteiger partial charge in [0.2, 0.25) is 0 Å². The van der Waals surface area contributed by atoms with Crippen LogP contribution in [0.15, 0.2) is 5.22 Å². The first kappa shape index (κ1) is 5.54. The van der Waals surface area contributed by atoms with Crippen molar-refractivity contribution in [3.63, 3.8) is 0 Å². The molecule has 0 aromatic rings. The van der Waals surface area contributed by atoms with Gasteiger partial charge in [-0.1, -0.05) is 0 Å². The molecule has 6 heavy (non-hydrogen) atoms. The van der Waals surface area contributed by atoms with Gasteiger partial charge in [0.15, 0.2) is 5.94 Å². The number of hydrogen-bond donors (Lipinski definition) is 0. The van der Waals surface area contributed by atoms with E-state index in [1.807, 2.05) is 0 Å². The topological polar surface area (TPSA) is 26.3 Å². The molecule has 0 aromatic heterocycles. The van der Waals surface area contributed by atoms with Crippen molar-refractivity contribution in [1.29, 1.82) is 0 Å². The van der Waals surface area contributed by atoms with Gasteiger partial charge in [0, 0.05) is 0 Å². The second kappa shape index (κ2) is 2.76. The van der Waals surface area contributed by atoms with Crippen molar-refractivity contribution in [1.82, 2.24) is 0 Å². The summed E-state index contributed by atoms with van der Waals surface area (Å²) >= 11 is 4.92. The first-order valence-electron chi connectivity index (χ1n) is 1.26. The molecule has 3 heteroatoms. The average Bonchev–Trinajstić information content (AvgIpc) is 1.65. The molecule has 0 N–H and O–H groups in total. The zero-order valence-corrected chi connectivity index (χ0v) is 3.95. The lowest BCUT2D eigenvalue weighted by Crippen LogP contribution is -1.72. The summed E-state index contributed by atoms with van der Waals surface area (Å²) in [4.78, 5) is 9.32. The van der Waals surface area contributed by atoms with Crippen LogP contribution in [0.3, 0.4) is 0 Å². The third-order valence-corrected chi connectivity index (χ3v) is 0.491. The molecule has 0 bridgehead atoms. The first-order valence-corrected chi connectivity index (χ1v) is 1.63. The van der Waals surface area contributed by atoms with Crippen LogP contribution in [0, 0.1) is 0 Å². The molecular weight excluding hydrogens is 103 g/mol. The summed E-state index contributed by atoms with van der Waals surface area (Å²) in [5, 5.41) is -0.241. The summed E-state index contributed by atoms with van der Waals surface area (Å²) in [6.07, 6.45) is 0. The van der Waals surface area contributed by atoms with Gasteiger partial charge in [0.05, 0.1) is 7.11 Å². The van der Waals surface area contributed by atoms with Crippen LogP contribution in [0.25, 0.3) is 0 Å². The fourth-order valence-electron chi connectivity index (χ4n) is 0.0417. The fraction of sp³-hybridized carbons (Fsp3) is 0.333. The predicted molar refractivity (Wildman–Crippen MR) is 22.1 cm³/mol. The van der Waals surface area contributed by atoms with Gasteiger partial charge in [0.25, 0.3) is 5.22 Å². The van der Waals surface area contributed by atoms with E-state index in [4.69, 9.17) is 11.6 Å². The molecule has 0 saturated carbocycles. The first-order chi connectivity index (χ1) is 2.81. The lowest BCUT2D eigenvalue weighted by molar-refractivity contribution is 0.324. The molecule has 0 aromatic carbocycles. The summed E-state index contributed by atoms with van der Waals surface area (Å²) in [6.45, 7) is 0. The molecule has 34 valence electrons. The number of hydrogen-bond acceptors (Lipinski definition) is 2. The van der Waals surface area contributed by atoms with Crippen LogP contribution in [0.1, 0.15) is 0 Å². The minimum absolute atomic E-state index is 0.241. The van der Waals surface area contributed by atoms with Gasteiger partial charge in [-0.15, -0.1) is 0 Å². The standard InChI is InChI=1S/C3H3ClO2/c1-6-3(4)2-5/h1H3. The maximum Gasteiger partial charge on any atom is 0.274 e. The van der Waals surface area contributed by atoms with E-state index in [0.717, 1.165) is 0 Å². The van der Waals surface area contributed by atoms with Crippen LogP contribution < -0.4 is 0 Å². The molecule has 0 aliphatic rings. The van der Waals surface area contributed by atoms with Crippen molar-refractivity contribution in [3.8, 4) is 0 Å². The Bertz CT molecular complexity index is 82.8. The van der Waals surface area contributed by atoms with E-state index in [1.165, 1.54) is 13.1 Å². The number of ether oxygens (including phenoxy) is 1. The Labute approximate surface area is 40.4 Å². The summed E-state index contributed by atoms with van der Waals surface area (Å²) in [5.41, 5.74) is 0. The third kappa shape index (κ3) is 1.82. The number of carbonyl (C=O) groups excluding carboxylic acids is 1. The quantitative estimate of drug-likeness (QED) is 0.360. The molecule has 0 aliphatic heterocycles. The molecular formula is C3H3ClO2. The van der Waals surface area contributed by atoms with E-state index in [9.17, 15) is 4.79 Å². The Balaban J connectivity index is 3.52. The summed E-state index contributed by atoms with van der Waals surface area (Å²) in [5.74, 6) is 1.32. The van der Waals surface area contributed by atoms with Gasteiger partial charge in [-0.05, 0) is 11.6 Å². The average molecular weight is 107 g/mol. The summed E-state index contributed by atoms with van der Waals surface area (Å²) in [6, 6.07) is 0. The minimum atomic E-state index is -0.241. The zero-order valence-electron chi connectivity index (χ0n) is 3.19. The van der Waals surface area contributed by atoms with Crippen molar-refractivity contribution >= 4 is 17.5 Å². The fourth-order valence-corrected chi connectivity index (χ4v) is 0.0417. The second-order valence-electron chi connectivity index (χ2n) is 0.580. The Morgan fingerprint density at radius 2 is 2.50 bits per heavy atom. The van der Waals surface area contributed by atoms with E-state index < -0.39 is 0 Å². The monoisotopic (exact) mass is 106 g/mol. The molecule has 0 radical (unpaired) electrons. The molecule has 0 saturated heterocycles. The van der Waals surface area contributed by atoms with Crippen molar-refractivity contribution < 1.29 is 9.53 Å². The van der Waals surface area contributed by atoms with Crippen molar-refractivity contribution in [2.45, 2.75) is 0 Å². The highest BCUT2D eigenvalue weighted by molar-refractivity contribution is 6.31. The highest BCUT2D eigenvalue weighted by atomic mass is 35.5. The summed E-state index contributed by atoms with van der Waals surface area (Å²) in [7, 11) is 1.30. The molecule has 0 spiro atoms. The molecule has 0 rings (SSSR count). The maximum atomic E-state index is 9.32. The molecule has 0 fully saturated rings. The van der Waals surface area contributed by atoms with Gasteiger partial charge in [-0.3, -0.25) is 0 Å². The van der Waals surface area contributed by atoms with E-state index in [0.29, 0.717) is 0 Å². The lowest BCUT2D eigenvalue weighted by atomic mass is 11.1. The van der Waals surface area contributed by atoms with Crippen LogP contribution in [0.5, 0.6) is 0 Å². The number of methoxy groups -OCH3 is 1. The van der Waals surface area contributed by atoms with Crippen LogP contribution in [0.4, 0.5) is 0 Å². The van der Waals surface area contributed by atoms with Gasteiger partial charge in [-0.25, -0.2) is 4.79 Å².